The van der Waals surface area contributed by atoms with Crippen LogP contribution in [-0.4, -0.2) is 32.1 Å². The Morgan fingerprint density at radius 2 is 2.00 bits per heavy atom. The molecule has 0 fully saturated rings. The minimum atomic E-state index is -0.142. The number of hydrogen-bond acceptors (Lipinski definition) is 5. The molecule has 0 saturated carbocycles. The molecule has 0 unspecified atom stereocenters. The molecule has 2 heterocycles. The van der Waals surface area contributed by atoms with Crippen LogP contribution >= 0.6 is 11.8 Å². The first-order valence-electron chi connectivity index (χ1n) is 8.58. The lowest BCUT2D eigenvalue weighted by atomic mass is 10.1. The first kappa shape index (κ1) is 18.9. The summed E-state index contributed by atoms with van der Waals surface area (Å²) in [6, 6.07) is 9.18. The summed E-state index contributed by atoms with van der Waals surface area (Å²) >= 11 is 1.35. The maximum atomic E-state index is 12.3. The molecule has 2 N–H and O–H groups in total. The predicted molar refractivity (Wildman–Crippen MR) is 108 cm³/mol. The van der Waals surface area contributed by atoms with E-state index in [9.17, 15) is 9.59 Å². The highest BCUT2D eigenvalue weighted by molar-refractivity contribution is 7.99. The van der Waals surface area contributed by atoms with E-state index in [2.05, 4.69) is 20.6 Å². The van der Waals surface area contributed by atoms with Gasteiger partial charge in [0.2, 0.25) is 11.8 Å². The first-order valence-corrected chi connectivity index (χ1v) is 9.57. The molecule has 1 aromatic carbocycles. The van der Waals surface area contributed by atoms with E-state index in [1.807, 2.05) is 42.8 Å². The molecule has 0 aliphatic heterocycles. The first-order chi connectivity index (χ1) is 13.0. The number of rotatable bonds is 6. The van der Waals surface area contributed by atoms with Gasteiger partial charge in [-0.3, -0.25) is 9.59 Å². The van der Waals surface area contributed by atoms with Crippen molar-refractivity contribution < 1.29 is 9.59 Å². The number of nitrogens with zero attached hydrogens (tertiary/aromatic N) is 3. The van der Waals surface area contributed by atoms with E-state index in [1.54, 1.807) is 19.2 Å². The monoisotopic (exact) mass is 383 g/mol. The average molecular weight is 383 g/mol. The van der Waals surface area contributed by atoms with Crippen LogP contribution in [0.25, 0.3) is 11.2 Å². The van der Waals surface area contributed by atoms with E-state index in [-0.39, 0.29) is 17.6 Å². The summed E-state index contributed by atoms with van der Waals surface area (Å²) in [5, 5.41) is 6.43. The Morgan fingerprint density at radius 1 is 1.19 bits per heavy atom. The summed E-state index contributed by atoms with van der Waals surface area (Å²) in [5.74, 6) is 0.0195. The zero-order chi connectivity index (χ0) is 19.4. The zero-order valence-corrected chi connectivity index (χ0v) is 16.3. The third-order valence-electron chi connectivity index (χ3n) is 4.04. The van der Waals surface area contributed by atoms with Gasteiger partial charge in [0.15, 0.2) is 10.8 Å². The molecule has 2 aromatic heterocycles. The fraction of sp³-hybridized carbons (Fsp3) is 0.263. The molecule has 8 heteroatoms. The molecule has 7 nitrogen and oxygen atoms in total. The average Bonchev–Trinajstić information content (AvgIpc) is 2.99. The molecule has 0 aliphatic rings. The zero-order valence-electron chi connectivity index (χ0n) is 15.4. The number of hydrogen-bond donors (Lipinski definition) is 2. The molecule has 0 radical (unpaired) electrons. The number of benzene rings is 1. The van der Waals surface area contributed by atoms with Crippen molar-refractivity contribution in [1.29, 1.82) is 0 Å². The highest BCUT2D eigenvalue weighted by atomic mass is 32.2. The third kappa shape index (κ3) is 4.46. The summed E-state index contributed by atoms with van der Waals surface area (Å²) in [5.41, 5.74) is 3.88. The van der Waals surface area contributed by atoms with Crippen LogP contribution in [0.1, 0.15) is 18.9 Å². The van der Waals surface area contributed by atoms with Gasteiger partial charge in [0.05, 0.1) is 5.75 Å². The summed E-state index contributed by atoms with van der Waals surface area (Å²) in [6.07, 6.45) is 2.12. The largest absolute Gasteiger partial charge is 0.326 e. The van der Waals surface area contributed by atoms with E-state index < -0.39 is 0 Å². The lowest BCUT2D eigenvalue weighted by Crippen LogP contribution is -2.15. The van der Waals surface area contributed by atoms with Gasteiger partial charge < -0.3 is 15.2 Å². The molecule has 27 heavy (non-hydrogen) atoms. The molecule has 0 bridgehead atoms. The van der Waals surface area contributed by atoms with Crippen molar-refractivity contribution in [3.63, 3.8) is 0 Å². The number of fused-ring (bicyclic) bond motifs is 1. The van der Waals surface area contributed by atoms with Gasteiger partial charge in [-0.2, -0.15) is 0 Å². The van der Waals surface area contributed by atoms with E-state index in [1.165, 1.54) is 11.8 Å². The summed E-state index contributed by atoms with van der Waals surface area (Å²) in [7, 11) is 1.88. The highest BCUT2D eigenvalue weighted by Crippen LogP contribution is 2.23. The molecule has 2 amide bonds. The fourth-order valence-electron chi connectivity index (χ4n) is 2.53. The van der Waals surface area contributed by atoms with Crippen LogP contribution in [0.4, 0.5) is 11.4 Å². The second kappa shape index (κ2) is 8.22. The van der Waals surface area contributed by atoms with Crippen LogP contribution in [0.3, 0.4) is 0 Å². The molecule has 0 aliphatic carbocycles. The third-order valence-corrected chi connectivity index (χ3v) is 5.07. The minimum Gasteiger partial charge on any atom is -0.326 e. The van der Waals surface area contributed by atoms with Crippen molar-refractivity contribution in [3.05, 3.63) is 42.1 Å². The summed E-state index contributed by atoms with van der Waals surface area (Å²) in [6.45, 7) is 3.70. The van der Waals surface area contributed by atoms with Gasteiger partial charge in [-0.25, -0.2) is 9.97 Å². The van der Waals surface area contributed by atoms with Crippen LogP contribution < -0.4 is 10.6 Å². The van der Waals surface area contributed by atoms with Crippen molar-refractivity contribution in [2.45, 2.75) is 25.4 Å². The predicted octanol–water partition coefficient (Wildman–Crippen LogP) is 3.36. The maximum absolute atomic E-state index is 12.3. The molecule has 3 aromatic rings. The number of aryl methyl sites for hydroxylation is 2. The fourth-order valence-corrected chi connectivity index (χ4v) is 3.31. The Labute approximate surface area is 161 Å². The lowest BCUT2D eigenvalue weighted by Gasteiger charge is -2.11. The van der Waals surface area contributed by atoms with E-state index in [0.29, 0.717) is 17.8 Å². The molecular weight excluding hydrogens is 362 g/mol. The molecular formula is C19H21N5O2S. The lowest BCUT2D eigenvalue weighted by molar-refractivity contribution is -0.116. The van der Waals surface area contributed by atoms with Crippen molar-refractivity contribution >= 4 is 46.1 Å². The van der Waals surface area contributed by atoms with Crippen LogP contribution in [-0.2, 0) is 16.6 Å². The van der Waals surface area contributed by atoms with Crippen LogP contribution in [0, 0.1) is 6.92 Å². The molecule has 0 saturated heterocycles. The molecule has 0 atom stereocenters. The molecule has 140 valence electrons. The molecule has 0 spiro atoms. The van der Waals surface area contributed by atoms with Crippen molar-refractivity contribution in [3.8, 4) is 0 Å². The number of aromatic nitrogens is 3. The van der Waals surface area contributed by atoms with Crippen molar-refractivity contribution in [2.24, 2.45) is 7.05 Å². The Hall–Kier alpha value is -2.87. The van der Waals surface area contributed by atoms with Gasteiger partial charge >= 0.3 is 0 Å². The highest BCUT2D eigenvalue weighted by Gasteiger charge is 2.12. The van der Waals surface area contributed by atoms with Crippen molar-refractivity contribution in [1.82, 2.24) is 14.5 Å². The number of imidazole rings is 1. The number of thioether (sulfide) groups is 1. The van der Waals surface area contributed by atoms with Crippen LogP contribution in [0.15, 0.2) is 41.7 Å². The number of carbonyl (C=O) groups is 2. The van der Waals surface area contributed by atoms with E-state index in [0.717, 1.165) is 21.9 Å². The van der Waals surface area contributed by atoms with Crippen LogP contribution in [0.5, 0.6) is 0 Å². The topological polar surface area (TPSA) is 88.9 Å². The summed E-state index contributed by atoms with van der Waals surface area (Å²) < 4.78 is 1.87. The van der Waals surface area contributed by atoms with Gasteiger partial charge in [0.1, 0.15) is 5.52 Å². The SMILES string of the molecule is CCC(=O)Nc1cc(NC(=O)CSc2nc3cccnc3n2C)ccc1C. The van der Waals surface area contributed by atoms with Gasteiger partial charge in [-0.05, 0) is 36.8 Å². The Bertz CT molecular complexity index is 999. The van der Waals surface area contributed by atoms with E-state index in [4.69, 9.17) is 0 Å². The van der Waals surface area contributed by atoms with Crippen LogP contribution in [0.2, 0.25) is 0 Å². The standard InChI is InChI=1S/C19H21N5O2S/c1-4-16(25)22-15-10-13(8-7-12(15)2)21-17(26)11-27-19-23-14-6-5-9-20-18(14)24(19)3/h5-10H,4,11H2,1-3H3,(H,21,26)(H,22,25). The smallest absolute Gasteiger partial charge is 0.234 e. The van der Waals surface area contributed by atoms with Gasteiger partial charge in [-0.1, -0.05) is 24.8 Å². The van der Waals surface area contributed by atoms with Gasteiger partial charge in [0, 0.05) is 31.0 Å². The number of carbonyl (C=O) groups excluding carboxylic acids is 2. The second-order valence-corrected chi connectivity index (χ2v) is 7.01. The normalized spacial score (nSPS) is 10.8. The molecule has 3 rings (SSSR count). The quantitative estimate of drug-likeness (QED) is 0.637. The number of amides is 2. The Kier molecular flexibility index (Phi) is 5.75. The van der Waals surface area contributed by atoms with Crippen molar-refractivity contribution in [2.75, 3.05) is 16.4 Å². The summed E-state index contributed by atoms with van der Waals surface area (Å²) in [4.78, 5) is 32.7. The van der Waals surface area contributed by atoms with Gasteiger partial charge in [0.25, 0.3) is 0 Å². The Morgan fingerprint density at radius 3 is 2.74 bits per heavy atom. The number of anilines is 2. The van der Waals surface area contributed by atoms with E-state index >= 15 is 0 Å². The van der Waals surface area contributed by atoms with Gasteiger partial charge in [-0.15, -0.1) is 0 Å². The number of nitrogens with one attached hydrogen (secondary N) is 2. The maximum Gasteiger partial charge on any atom is 0.234 e. The minimum absolute atomic E-state index is 0.0624. The Balaban J connectivity index is 1.64. The second-order valence-electron chi connectivity index (χ2n) is 6.07. The number of pyridine rings is 1.